The second-order valence-electron chi connectivity index (χ2n) is 7.90. The smallest absolute Gasteiger partial charge is 0.216 e. The quantitative estimate of drug-likeness (QED) is 0.110. The van der Waals surface area contributed by atoms with Crippen LogP contribution in [0, 0.1) is 0 Å². The van der Waals surface area contributed by atoms with Gasteiger partial charge in [0.2, 0.25) is 0 Å². The van der Waals surface area contributed by atoms with Crippen molar-refractivity contribution < 1.29 is 127 Å². The van der Waals surface area contributed by atoms with Gasteiger partial charge in [0.05, 0.1) is 0 Å². The summed E-state index contributed by atoms with van der Waals surface area (Å²) in [5.41, 5.74) is -9.27. The van der Waals surface area contributed by atoms with Crippen LogP contribution in [0.15, 0.2) is 0 Å². The van der Waals surface area contributed by atoms with Crippen LogP contribution in [0.4, 0.5) is 127 Å². The van der Waals surface area contributed by atoms with Crippen molar-refractivity contribution >= 4 is 22.6 Å². The zero-order valence-electron chi connectivity index (χ0n) is 18.3. The average molecular weight is 846 g/mol. The second kappa shape index (κ2) is 10.1. The number of hydrogen-bond acceptors (Lipinski definition) is 0. The molecule has 0 saturated carbocycles. The van der Waals surface area contributed by atoms with Gasteiger partial charge in [-0.25, -0.2) is 4.39 Å². The zero-order chi connectivity index (χ0) is 37.0. The topological polar surface area (TPSA) is 0 Å². The van der Waals surface area contributed by atoms with Crippen molar-refractivity contribution in [3.63, 3.8) is 0 Å². The molecular weight excluding hydrogens is 846 g/mol. The molecule has 0 fully saturated rings. The Bertz CT molecular complexity index is 1040. The van der Waals surface area contributed by atoms with Gasteiger partial charge in [0.25, 0.3) is 0 Å². The molecule has 0 nitrogen and oxygen atoms in total. The Hall–Kier alpha value is -1.30. The molecule has 0 saturated heterocycles. The highest BCUT2D eigenvalue weighted by atomic mass is 127. The van der Waals surface area contributed by atoms with Crippen LogP contribution in [-0.2, 0) is 0 Å². The van der Waals surface area contributed by atoms with Gasteiger partial charge in [-0.1, -0.05) is 0 Å². The fraction of sp³-hybridized carbons (Fsp3) is 1.00. The summed E-state index contributed by atoms with van der Waals surface area (Å²) >= 11 is -1.33. The fourth-order valence-corrected chi connectivity index (χ4v) is 2.83. The van der Waals surface area contributed by atoms with E-state index < -0.39 is 104 Å². The number of hydrogen-bond donors (Lipinski definition) is 0. The van der Waals surface area contributed by atoms with E-state index in [9.17, 15) is 127 Å². The third-order valence-corrected chi connectivity index (χ3v) is 5.80. The first-order valence-electron chi connectivity index (χ1n) is 8.92. The lowest BCUT2D eigenvalue weighted by molar-refractivity contribution is -0.488. The normalized spacial score (nSPS) is 17.3. The molecule has 0 heterocycles. The molecule has 0 aromatic rings. The molecule has 44 heavy (non-hydrogen) atoms. The van der Waals surface area contributed by atoms with Gasteiger partial charge in [0, 0.05) is 22.6 Å². The highest BCUT2D eigenvalue weighted by Crippen LogP contribution is 2.69. The summed E-state index contributed by atoms with van der Waals surface area (Å²) < 4.78 is 375. The monoisotopic (exact) mass is 846 g/mol. The maximum Gasteiger partial charge on any atom is 0.438 e. The predicted octanol–water partition coefficient (Wildman–Crippen LogP) is 10.2. The van der Waals surface area contributed by atoms with Crippen molar-refractivity contribution in [2.75, 3.05) is 0 Å². The van der Waals surface area contributed by atoms with Crippen LogP contribution < -0.4 is 0 Å². The molecule has 0 aliphatic carbocycles. The maximum absolute atomic E-state index is 13.6. The van der Waals surface area contributed by atoms with Crippen molar-refractivity contribution in [3.8, 4) is 0 Å². The summed E-state index contributed by atoms with van der Waals surface area (Å²) in [4.78, 5) is 0. The van der Waals surface area contributed by atoms with Gasteiger partial charge in [-0.05, 0) is 0 Å². The molecule has 0 radical (unpaired) electrons. The largest absolute Gasteiger partial charge is 0.438 e. The molecule has 30 heteroatoms. The molecule has 0 aromatic carbocycles. The Morgan fingerprint density at radius 1 is 0.205 bits per heavy atom. The highest BCUT2D eigenvalue weighted by molar-refractivity contribution is 14.1. The van der Waals surface area contributed by atoms with Crippen molar-refractivity contribution in [1.82, 2.24) is 0 Å². The average Bonchev–Trinajstić information content (AvgIpc) is 2.74. The van der Waals surface area contributed by atoms with Crippen molar-refractivity contribution in [3.05, 3.63) is 0 Å². The van der Waals surface area contributed by atoms with Crippen LogP contribution in [0.1, 0.15) is 0 Å². The molecule has 0 atom stereocenters. The van der Waals surface area contributed by atoms with E-state index >= 15 is 0 Å². The van der Waals surface area contributed by atoms with E-state index in [2.05, 4.69) is 0 Å². The van der Waals surface area contributed by atoms with E-state index in [1.165, 1.54) is 0 Å². The lowest BCUT2D eigenvalue weighted by Gasteiger charge is -2.46. The number of rotatable bonds is 11. The number of halogens is 30. The summed E-state index contributed by atoms with van der Waals surface area (Å²) in [6, 6.07) is 0. The predicted molar refractivity (Wildman–Crippen MR) is 84.4 cm³/mol. The number of alkyl halides is 30. The van der Waals surface area contributed by atoms with E-state index in [0.717, 1.165) is 0 Å². The highest BCUT2D eigenvalue weighted by Gasteiger charge is 3.01. The van der Waals surface area contributed by atoms with E-state index in [-0.39, 0.29) is 0 Å². The Morgan fingerprint density at radius 2 is 0.341 bits per heavy atom. The minimum absolute atomic E-state index is 1.33. The van der Waals surface area contributed by atoms with Crippen LogP contribution in [0.5, 0.6) is 0 Å². The van der Waals surface area contributed by atoms with Crippen LogP contribution in [0.3, 0.4) is 0 Å². The lowest BCUT2D eigenvalue weighted by atomic mass is 9.82. The Kier molecular flexibility index (Phi) is 9.80. The Balaban J connectivity index is 7.64. The summed E-state index contributed by atoms with van der Waals surface area (Å²) in [7, 11) is 0. The molecule has 266 valence electrons. The third kappa shape index (κ3) is 4.79. The fourth-order valence-electron chi connectivity index (χ4n) is 2.49. The van der Waals surface area contributed by atoms with Crippen LogP contribution >= 0.6 is 22.6 Å². The van der Waals surface area contributed by atoms with E-state index in [1.54, 1.807) is 0 Å². The molecule has 0 unspecified atom stereocenters. The molecule has 0 N–H and O–H groups in total. The second-order valence-corrected chi connectivity index (χ2v) is 9.25. The van der Waals surface area contributed by atoms with Gasteiger partial charge in [-0.15, -0.1) is 0 Å². The van der Waals surface area contributed by atoms with E-state index in [4.69, 9.17) is 0 Å². The third-order valence-electron chi connectivity index (χ3n) is 5.12. The lowest BCUT2D eigenvalue weighted by Crippen LogP contribution is -2.80. The van der Waals surface area contributed by atoms with Gasteiger partial charge in [0.15, 0.2) is 0 Å². The SMILES string of the molecule is FC(F)(F)C(F)(C(F)(F)F)C(F)(F)C(F)(F)C(F)(F)C(F)(F)C(F)(F)C(F)(F)C(F)(F)C(F)(F)C(F)(F)C(F)(F)C(F)(F)I. The summed E-state index contributed by atoms with van der Waals surface area (Å²) in [5, 5.41) is 0. The van der Waals surface area contributed by atoms with Crippen LogP contribution in [0.25, 0.3) is 0 Å². The van der Waals surface area contributed by atoms with Crippen molar-refractivity contribution in [2.45, 2.75) is 81.2 Å². The Labute approximate surface area is 232 Å². The molecule has 0 spiro atoms. The van der Waals surface area contributed by atoms with Crippen LogP contribution in [0.2, 0.25) is 0 Å². The molecule has 0 aromatic heterocycles. The summed E-state index contributed by atoms with van der Waals surface area (Å²) in [5.74, 6) is -95.2. The zero-order valence-corrected chi connectivity index (χ0v) is 20.5. The summed E-state index contributed by atoms with van der Waals surface area (Å²) in [6.07, 6.45) is -17.5. The minimum Gasteiger partial charge on any atom is -0.216 e. The van der Waals surface area contributed by atoms with Crippen LogP contribution in [-0.4, -0.2) is 81.2 Å². The van der Waals surface area contributed by atoms with Gasteiger partial charge >= 0.3 is 81.2 Å². The molecule has 0 aliphatic rings. The van der Waals surface area contributed by atoms with Gasteiger partial charge < -0.3 is 0 Å². The van der Waals surface area contributed by atoms with Crippen molar-refractivity contribution in [1.29, 1.82) is 0 Å². The van der Waals surface area contributed by atoms with Gasteiger partial charge in [0.1, 0.15) is 0 Å². The first-order chi connectivity index (χ1) is 18.2. The van der Waals surface area contributed by atoms with Gasteiger partial charge in [-0.2, -0.15) is 123 Å². The first-order valence-corrected chi connectivity index (χ1v) is 10.00. The standard InChI is InChI=1S/C14F29I/c15-1(12(36,37)38,13(39,40)41)2(16,17)3(18,19)4(20,21)5(22,23)6(24,25)7(26,27)8(28,29)9(30,31)10(32,33)11(34,35)14(42,43)44. The van der Waals surface area contributed by atoms with Gasteiger partial charge in [-0.3, -0.25) is 0 Å². The molecular formula is C14F29I. The first kappa shape index (κ1) is 42.7. The summed E-state index contributed by atoms with van der Waals surface area (Å²) in [6.45, 7) is 0. The minimum atomic E-state index is -9.95. The molecule has 0 bridgehead atoms. The molecule has 0 rings (SSSR count). The molecule has 0 amide bonds. The Morgan fingerprint density at radius 3 is 0.477 bits per heavy atom. The van der Waals surface area contributed by atoms with E-state index in [1.807, 2.05) is 0 Å². The van der Waals surface area contributed by atoms with Crippen molar-refractivity contribution in [2.24, 2.45) is 0 Å². The molecule has 0 aliphatic heterocycles. The van der Waals surface area contributed by atoms with E-state index in [0.29, 0.717) is 0 Å². The maximum atomic E-state index is 13.6.